The zero-order chi connectivity index (χ0) is 17.5. The number of sulfonamides is 1. The summed E-state index contributed by atoms with van der Waals surface area (Å²) in [5, 5.41) is 2.58. The van der Waals surface area contributed by atoms with Gasteiger partial charge in [0.1, 0.15) is 10.6 Å². The monoisotopic (exact) mass is 366 g/mol. The molecule has 0 atom stereocenters. The molecule has 1 aliphatic rings. The Balaban J connectivity index is 2.01. The first-order valence-electron chi connectivity index (χ1n) is 7.13. The van der Waals surface area contributed by atoms with Gasteiger partial charge in [-0.1, -0.05) is 23.7 Å². The van der Waals surface area contributed by atoms with Crippen molar-refractivity contribution >= 4 is 38.9 Å². The van der Waals surface area contributed by atoms with Gasteiger partial charge in [0.05, 0.1) is 16.4 Å². The van der Waals surface area contributed by atoms with Crippen molar-refractivity contribution in [2.24, 2.45) is 0 Å². The van der Waals surface area contributed by atoms with Gasteiger partial charge in [0.15, 0.2) is 6.61 Å². The lowest BCUT2D eigenvalue weighted by Crippen LogP contribution is -2.26. The summed E-state index contributed by atoms with van der Waals surface area (Å²) < 4.78 is 33.2. The van der Waals surface area contributed by atoms with Crippen LogP contribution in [0.4, 0.5) is 11.4 Å². The van der Waals surface area contributed by atoms with Crippen LogP contribution in [0.1, 0.15) is 11.1 Å². The molecule has 0 saturated carbocycles. The van der Waals surface area contributed by atoms with Gasteiger partial charge in [-0.2, -0.15) is 0 Å². The van der Waals surface area contributed by atoms with Gasteiger partial charge in [-0.15, -0.1) is 0 Å². The number of fused-ring (bicyclic) bond motifs is 1. The van der Waals surface area contributed by atoms with Crippen molar-refractivity contribution in [1.82, 2.24) is 0 Å². The third kappa shape index (κ3) is 3.05. The number of anilines is 2. The van der Waals surface area contributed by atoms with Crippen LogP contribution in [0.2, 0.25) is 5.02 Å². The first-order chi connectivity index (χ1) is 11.3. The van der Waals surface area contributed by atoms with E-state index in [4.69, 9.17) is 16.3 Å². The molecule has 0 saturated heterocycles. The number of hydrogen-bond acceptors (Lipinski definition) is 4. The smallest absolute Gasteiger partial charge is 0.263 e. The van der Waals surface area contributed by atoms with Crippen molar-refractivity contribution in [2.45, 2.75) is 18.7 Å². The summed E-state index contributed by atoms with van der Waals surface area (Å²) in [6.07, 6.45) is 0. The first kappa shape index (κ1) is 16.6. The number of ether oxygens (including phenoxy) is 1. The topological polar surface area (TPSA) is 84.5 Å². The molecule has 0 unspecified atom stereocenters. The number of halogens is 1. The zero-order valence-electron chi connectivity index (χ0n) is 13.0. The Morgan fingerprint density at radius 2 is 2.00 bits per heavy atom. The van der Waals surface area contributed by atoms with E-state index >= 15 is 0 Å². The molecule has 8 heteroatoms. The summed E-state index contributed by atoms with van der Waals surface area (Å²) in [6, 6.07) is 8.03. The van der Waals surface area contributed by atoms with Gasteiger partial charge in [-0.25, -0.2) is 8.42 Å². The maximum atomic E-state index is 12.7. The molecule has 1 amide bonds. The van der Waals surface area contributed by atoms with Crippen LogP contribution in [-0.4, -0.2) is 20.9 Å². The van der Waals surface area contributed by atoms with Gasteiger partial charge in [-0.3, -0.25) is 9.52 Å². The minimum atomic E-state index is -3.90. The predicted molar refractivity (Wildman–Crippen MR) is 92.3 cm³/mol. The standard InChI is InChI=1S/C16H15ClN2O4S/c1-9-4-3-5-12(10(9)2)19-24(21,22)15-7-14-13(6-11(15)17)18-16(20)8-23-14/h3-7,19H,8H2,1-2H3,(H,18,20). The van der Waals surface area contributed by atoms with Crippen molar-refractivity contribution in [3.8, 4) is 5.75 Å². The molecule has 0 radical (unpaired) electrons. The summed E-state index contributed by atoms with van der Waals surface area (Å²) in [7, 11) is -3.90. The third-order valence-electron chi connectivity index (χ3n) is 3.81. The lowest BCUT2D eigenvalue weighted by atomic mass is 10.1. The fourth-order valence-corrected chi connectivity index (χ4v) is 4.02. The third-order valence-corrected chi connectivity index (χ3v) is 5.64. The van der Waals surface area contributed by atoms with E-state index in [-0.39, 0.29) is 28.2 Å². The molecule has 1 aliphatic heterocycles. The molecule has 0 bridgehead atoms. The van der Waals surface area contributed by atoms with Crippen LogP contribution in [0.25, 0.3) is 0 Å². The molecule has 0 spiro atoms. The second-order valence-electron chi connectivity index (χ2n) is 5.47. The summed E-state index contributed by atoms with van der Waals surface area (Å²) in [4.78, 5) is 11.2. The van der Waals surface area contributed by atoms with E-state index in [0.717, 1.165) is 11.1 Å². The predicted octanol–water partition coefficient (Wildman–Crippen LogP) is 3.09. The first-order valence-corrected chi connectivity index (χ1v) is 8.99. The Bertz CT molecular complexity index is 941. The summed E-state index contributed by atoms with van der Waals surface area (Å²) in [5.41, 5.74) is 2.64. The maximum absolute atomic E-state index is 12.7. The second kappa shape index (κ2) is 5.99. The van der Waals surface area contributed by atoms with Gasteiger partial charge in [0, 0.05) is 6.07 Å². The largest absolute Gasteiger partial charge is 0.482 e. The number of rotatable bonds is 3. The van der Waals surface area contributed by atoms with Gasteiger partial charge in [-0.05, 0) is 37.1 Å². The van der Waals surface area contributed by atoms with Crippen LogP contribution in [0.15, 0.2) is 35.2 Å². The highest BCUT2D eigenvalue weighted by Crippen LogP contribution is 2.36. The normalized spacial score (nSPS) is 13.7. The molecule has 0 fully saturated rings. The van der Waals surface area contributed by atoms with Crippen molar-refractivity contribution in [3.05, 3.63) is 46.5 Å². The van der Waals surface area contributed by atoms with Gasteiger partial charge < -0.3 is 10.1 Å². The number of amides is 1. The molecule has 0 aromatic heterocycles. The fourth-order valence-electron chi connectivity index (χ4n) is 2.35. The van der Waals surface area contributed by atoms with E-state index in [0.29, 0.717) is 11.4 Å². The molecule has 0 aliphatic carbocycles. The van der Waals surface area contributed by atoms with Crippen molar-refractivity contribution in [3.63, 3.8) is 0 Å². The van der Waals surface area contributed by atoms with Crippen LogP contribution in [0.3, 0.4) is 0 Å². The number of carbonyl (C=O) groups is 1. The Morgan fingerprint density at radius 3 is 2.75 bits per heavy atom. The lowest BCUT2D eigenvalue weighted by molar-refractivity contribution is -0.118. The van der Waals surface area contributed by atoms with Crippen LogP contribution >= 0.6 is 11.6 Å². The van der Waals surface area contributed by atoms with Gasteiger partial charge >= 0.3 is 0 Å². The Morgan fingerprint density at radius 1 is 1.25 bits per heavy atom. The summed E-state index contributed by atoms with van der Waals surface area (Å²) >= 11 is 6.10. The Kier molecular flexibility index (Phi) is 4.15. The molecule has 2 aromatic carbocycles. The quantitative estimate of drug-likeness (QED) is 0.874. The SMILES string of the molecule is Cc1cccc(NS(=O)(=O)c2cc3c(cc2Cl)NC(=O)CO3)c1C. The van der Waals surface area contributed by atoms with E-state index in [1.165, 1.54) is 12.1 Å². The van der Waals surface area contributed by atoms with E-state index in [2.05, 4.69) is 10.0 Å². The number of aryl methyl sites for hydroxylation is 1. The van der Waals surface area contributed by atoms with E-state index in [1.807, 2.05) is 19.9 Å². The highest BCUT2D eigenvalue weighted by Gasteiger charge is 2.25. The Labute approximate surface area is 144 Å². The van der Waals surface area contributed by atoms with E-state index < -0.39 is 10.0 Å². The lowest BCUT2D eigenvalue weighted by Gasteiger charge is -2.20. The molecular weight excluding hydrogens is 352 g/mol. The average molecular weight is 367 g/mol. The molecule has 2 aromatic rings. The van der Waals surface area contributed by atoms with Crippen molar-refractivity contribution in [2.75, 3.05) is 16.6 Å². The highest BCUT2D eigenvalue weighted by molar-refractivity contribution is 7.92. The second-order valence-corrected chi connectivity index (χ2v) is 7.53. The van der Waals surface area contributed by atoms with Crippen LogP contribution in [-0.2, 0) is 14.8 Å². The van der Waals surface area contributed by atoms with Crippen LogP contribution < -0.4 is 14.8 Å². The van der Waals surface area contributed by atoms with E-state index in [9.17, 15) is 13.2 Å². The molecular formula is C16H15ClN2O4S. The number of benzene rings is 2. The Hall–Kier alpha value is -2.25. The van der Waals surface area contributed by atoms with Crippen LogP contribution in [0, 0.1) is 13.8 Å². The molecule has 3 rings (SSSR count). The molecule has 1 heterocycles. The minimum Gasteiger partial charge on any atom is -0.482 e. The number of nitrogens with one attached hydrogen (secondary N) is 2. The average Bonchev–Trinajstić information content (AvgIpc) is 2.50. The molecule has 6 nitrogen and oxygen atoms in total. The maximum Gasteiger partial charge on any atom is 0.263 e. The van der Waals surface area contributed by atoms with Crippen molar-refractivity contribution < 1.29 is 17.9 Å². The highest BCUT2D eigenvalue weighted by atomic mass is 35.5. The fraction of sp³-hybridized carbons (Fsp3) is 0.188. The van der Waals surface area contributed by atoms with Gasteiger partial charge in [0.2, 0.25) is 0 Å². The summed E-state index contributed by atoms with van der Waals surface area (Å²) in [5.74, 6) is -0.0528. The zero-order valence-corrected chi connectivity index (χ0v) is 14.6. The van der Waals surface area contributed by atoms with E-state index in [1.54, 1.807) is 12.1 Å². The molecule has 2 N–H and O–H groups in total. The van der Waals surface area contributed by atoms with Gasteiger partial charge in [0.25, 0.3) is 15.9 Å². The van der Waals surface area contributed by atoms with Crippen LogP contribution in [0.5, 0.6) is 5.75 Å². The number of carbonyl (C=O) groups excluding carboxylic acids is 1. The summed E-state index contributed by atoms with van der Waals surface area (Å²) in [6.45, 7) is 3.56. The minimum absolute atomic E-state index is 0.00245. The number of hydrogen-bond donors (Lipinski definition) is 2. The van der Waals surface area contributed by atoms with Crippen molar-refractivity contribution in [1.29, 1.82) is 0 Å². The molecule has 24 heavy (non-hydrogen) atoms. The molecule has 126 valence electrons.